The number of carbonyl (C=O) groups is 1. The summed E-state index contributed by atoms with van der Waals surface area (Å²) in [7, 11) is 0. The van der Waals surface area contributed by atoms with E-state index < -0.39 is 0 Å². The van der Waals surface area contributed by atoms with Gasteiger partial charge in [0.1, 0.15) is 5.75 Å². The van der Waals surface area contributed by atoms with E-state index in [0.717, 1.165) is 0 Å². The van der Waals surface area contributed by atoms with Gasteiger partial charge in [-0.05, 0) is 55.3 Å². The Bertz CT molecular complexity index is 539. The number of carbonyl (C=O) groups excluding carboxylic acids is 1. The molecule has 2 nitrogen and oxygen atoms in total. The number of halogens is 1. The SMILES string of the molecule is C=C/C=C(Cl)\C=C(/C)C(=O)c1ccc(O)c(C)c1. The summed E-state index contributed by atoms with van der Waals surface area (Å²) in [6.45, 7) is 6.97. The van der Waals surface area contributed by atoms with Crippen molar-refractivity contribution in [2.75, 3.05) is 0 Å². The Morgan fingerprint density at radius 3 is 2.67 bits per heavy atom. The molecule has 1 aromatic rings. The smallest absolute Gasteiger partial charge is 0.188 e. The van der Waals surface area contributed by atoms with Crippen LogP contribution in [0.4, 0.5) is 0 Å². The van der Waals surface area contributed by atoms with Crippen molar-refractivity contribution in [3.63, 3.8) is 0 Å². The van der Waals surface area contributed by atoms with Crippen molar-refractivity contribution < 1.29 is 9.90 Å². The van der Waals surface area contributed by atoms with Gasteiger partial charge in [-0.2, -0.15) is 0 Å². The predicted octanol–water partition coefficient (Wildman–Crippen LogP) is 4.14. The van der Waals surface area contributed by atoms with Crippen molar-refractivity contribution in [1.29, 1.82) is 0 Å². The van der Waals surface area contributed by atoms with Crippen LogP contribution in [0.3, 0.4) is 0 Å². The fourth-order valence-corrected chi connectivity index (χ4v) is 1.71. The molecule has 0 aliphatic carbocycles. The lowest BCUT2D eigenvalue weighted by molar-refractivity contribution is 0.103. The highest BCUT2D eigenvalue weighted by Crippen LogP contribution is 2.19. The molecule has 0 bridgehead atoms. The second-order valence-corrected chi connectivity index (χ2v) is 4.38. The minimum absolute atomic E-state index is 0.117. The third kappa shape index (κ3) is 3.60. The molecule has 0 radical (unpaired) electrons. The number of aromatic hydroxyl groups is 1. The van der Waals surface area contributed by atoms with Crippen molar-refractivity contribution in [3.05, 3.63) is 64.7 Å². The standard InChI is InChI=1S/C15H15ClO2/c1-4-5-13(16)9-11(3)15(18)12-6-7-14(17)10(2)8-12/h4-9,17H,1H2,2-3H3/b11-9+,13-5+. The molecular formula is C15H15ClO2. The lowest BCUT2D eigenvalue weighted by Gasteiger charge is -2.04. The van der Waals surface area contributed by atoms with Crippen LogP contribution in [0.15, 0.2) is 53.6 Å². The Balaban J connectivity index is 3.03. The molecule has 0 aliphatic heterocycles. The van der Waals surface area contributed by atoms with Crippen LogP contribution in [0.5, 0.6) is 5.75 Å². The highest BCUT2D eigenvalue weighted by Gasteiger charge is 2.09. The normalized spacial score (nSPS) is 12.4. The first-order valence-corrected chi connectivity index (χ1v) is 5.84. The highest BCUT2D eigenvalue weighted by atomic mass is 35.5. The lowest BCUT2D eigenvalue weighted by Crippen LogP contribution is -2.01. The summed E-state index contributed by atoms with van der Waals surface area (Å²) in [5.74, 6) is 0.0616. The van der Waals surface area contributed by atoms with Gasteiger partial charge >= 0.3 is 0 Å². The summed E-state index contributed by atoms with van der Waals surface area (Å²) in [6.07, 6.45) is 4.76. The number of phenols is 1. The average Bonchev–Trinajstić information content (AvgIpc) is 2.32. The van der Waals surface area contributed by atoms with Crippen LogP contribution < -0.4 is 0 Å². The van der Waals surface area contributed by atoms with E-state index in [1.807, 2.05) is 0 Å². The molecule has 1 rings (SSSR count). The molecule has 0 spiro atoms. The van der Waals surface area contributed by atoms with Gasteiger partial charge in [-0.1, -0.05) is 24.3 Å². The minimum Gasteiger partial charge on any atom is -0.508 e. The predicted molar refractivity (Wildman–Crippen MR) is 75.1 cm³/mol. The molecule has 0 unspecified atom stereocenters. The summed E-state index contributed by atoms with van der Waals surface area (Å²) in [5.41, 5.74) is 1.73. The van der Waals surface area contributed by atoms with Crippen LogP contribution in [0.25, 0.3) is 0 Å². The molecule has 1 N–H and O–H groups in total. The maximum absolute atomic E-state index is 12.1. The van der Waals surface area contributed by atoms with Crippen LogP contribution in [-0.4, -0.2) is 10.9 Å². The summed E-state index contributed by atoms with van der Waals surface area (Å²) in [6, 6.07) is 4.75. The molecule has 18 heavy (non-hydrogen) atoms. The molecule has 0 heterocycles. The van der Waals surface area contributed by atoms with Gasteiger partial charge in [0.2, 0.25) is 0 Å². The molecule has 0 atom stereocenters. The molecule has 0 amide bonds. The van der Waals surface area contributed by atoms with Gasteiger partial charge in [-0.3, -0.25) is 4.79 Å². The Hall–Kier alpha value is -1.80. The van der Waals surface area contributed by atoms with Gasteiger partial charge in [-0.25, -0.2) is 0 Å². The Kier molecular flexibility index (Phi) is 4.93. The monoisotopic (exact) mass is 262 g/mol. The second-order valence-electron chi connectivity index (χ2n) is 3.94. The Morgan fingerprint density at radius 2 is 2.11 bits per heavy atom. The van der Waals surface area contributed by atoms with Crippen LogP contribution in [0.1, 0.15) is 22.8 Å². The fraction of sp³-hybridized carbons (Fsp3) is 0.133. The van der Waals surface area contributed by atoms with Crippen LogP contribution in [0, 0.1) is 6.92 Å². The zero-order valence-electron chi connectivity index (χ0n) is 10.4. The molecular weight excluding hydrogens is 248 g/mol. The zero-order valence-corrected chi connectivity index (χ0v) is 11.2. The van der Waals surface area contributed by atoms with E-state index in [1.165, 1.54) is 6.07 Å². The number of allylic oxidation sites excluding steroid dienone is 5. The van der Waals surface area contributed by atoms with Crippen molar-refractivity contribution in [2.45, 2.75) is 13.8 Å². The molecule has 0 saturated carbocycles. The van der Waals surface area contributed by atoms with E-state index in [9.17, 15) is 9.90 Å². The zero-order chi connectivity index (χ0) is 13.7. The van der Waals surface area contributed by atoms with E-state index in [0.29, 0.717) is 21.7 Å². The van der Waals surface area contributed by atoms with Gasteiger partial charge in [-0.15, -0.1) is 0 Å². The van der Waals surface area contributed by atoms with Crippen LogP contribution in [-0.2, 0) is 0 Å². The Morgan fingerprint density at radius 1 is 1.44 bits per heavy atom. The topological polar surface area (TPSA) is 37.3 Å². The third-order valence-corrected chi connectivity index (χ3v) is 2.68. The van der Waals surface area contributed by atoms with Gasteiger partial charge in [0, 0.05) is 10.6 Å². The van der Waals surface area contributed by atoms with Crippen molar-refractivity contribution in [1.82, 2.24) is 0 Å². The lowest BCUT2D eigenvalue weighted by atomic mass is 10.0. The van der Waals surface area contributed by atoms with E-state index in [1.54, 1.807) is 44.2 Å². The minimum atomic E-state index is -0.117. The molecule has 0 aliphatic rings. The summed E-state index contributed by atoms with van der Waals surface area (Å²) in [4.78, 5) is 12.1. The van der Waals surface area contributed by atoms with Crippen molar-refractivity contribution in [3.8, 4) is 5.75 Å². The number of ketones is 1. The first-order chi connectivity index (χ1) is 8.45. The molecule has 94 valence electrons. The fourth-order valence-electron chi connectivity index (χ4n) is 1.46. The average molecular weight is 263 g/mol. The van der Waals surface area contributed by atoms with Gasteiger partial charge < -0.3 is 5.11 Å². The molecule has 0 aromatic heterocycles. The largest absolute Gasteiger partial charge is 0.508 e. The van der Waals surface area contributed by atoms with Crippen LogP contribution in [0.2, 0.25) is 0 Å². The van der Waals surface area contributed by atoms with Crippen molar-refractivity contribution in [2.24, 2.45) is 0 Å². The molecule has 0 saturated heterocycles. The number of Topliss-reactive ketones (excluding diaryl/α,β-unsaturated/α-hetero) is 1. The van der Waals surface area contributed by atoms with E-state index in [-0.39, 0.29) is 11.5 Å². The number of rotatable bonds is 4. The number of benzene rings is 1. The summed E-state index contributed by atoms with van der Waals surface area (Å²) in [5, 5.41) is 9.86. The van der Waals surface area contributed by atoms with E-state index >= 15 is 0 Å². The number of phenolic OH excluding ortho intramolecular Hbond substituents is 1. The van der Waals surface area contributed by atoms with Gasteiger partial charge in [0.05, 0.1) is 0 Å². The van der Waals surface area contributed by atoms with E-state index in [2.05, 4.69) is 6.58 Å². The number of hydrogen-bond donors (Lipinski definition) is 1. The van der Waals surface area contributed by atoms with Crippen molar-refractivity contribution >= 4 is 17.4 Å². The maximum atomic E-state index is 12.1. The summed E-state index contributed by atoms with van der Waals surface area (Å²) >= 11 is 5.89. The molecule has 3 heteroatoms. The van der Waals surface area contributed by atoms with Crippen LogP contribution >= 0.6 is 11.6 Å². The highest BCUT2D eigenvalue weighted by molar-refractivity contribution is 6.31. The van der Waals surface area contributed by atoms with E-state index in [4.69, 9.17) is 11.6 Å². The van der Waals surface area contributed by atoms with Gasteiger partial charge in [0.25, 0.3) is 0 Å². The first kappa shape index (κ1) is 14.3. The first-order valence-electron chi connectivity index (χ1n) is 5.46. The van der Waals surface area contributed by atoms with Gasteiger partial charge in [0.15, 0.2) is 5.78 Å². The molecule has 0 fully saturated rings. The summed E-state index contributed by atoms with van der Waals surface area (Å²) < 4.78 is 0. The third-order valence-electron chi connectivity index (χ3n) is 2.45. The number of hydrogen-bond acceptors (Lipinski definition) is 2. The Labute approximate surface area is 112 Å². The molecule has 1 aromatic carbocycles. The number of aryl methyl sites for hydroxylation is 1. The maximum Gasteiger partial charge on any atom is 0.188 e. The second kappa shape index (κ2) is 6.22. The quantitative estimate of drug-likeness (QED) is 0.503.